The summed E-state index contributed by atoms with van der Waals surface area (Å²) in [5.74, 6) is 6.92. The summed E-state index contributed by atoms with van der Waals surface area (Å²) in [5.41, 5.74) is 3.42. The summed E-state index contributed by atoms with van der Waals surface area (Å²) in [7, 11) is 1.86. The van der Waals surface area contributed by atoms with Gasteiger partial charge in [0.2, 0.25) is 0 Å². The molecule has 21 heavy (non-hydrogen) atoms. The van der Waals surface area contributed by atoms with Gasteiger partial charge in [-0.05, 0) is 6.42 Å². The molecular formula is C13H21N7O. The predicted molar refractivity (Wildman–Crippen MR) is 79.4 cm³/mol. The van der Waals surface area contributed by atoms with Crippen molar-refractivity contribution in [3.8, 4) is 0 Å². The smallest absolute Gasteiger partial charge is 0.163 e. The van der Waals surface area contributed by atoms with Crippen LogP contribution in [-0.4, -0.2) is 50.4 Å². The van der Waals surface area contributed by atoms with Gasteiger partial charge in [0.1, 0.15) is 5.82 Å². The van der Waals surface area contributed by atoms with Crippen LogP contribution in [0.3, 0.4) is 0 Å². The van der Waals surface area contributed by atoms with Crippen molar-refractivity contribution in [1.82, 2.24) is 24.6 Å². The third-order valence-electron chi connectivity index (χ3n) is 3.82. The normalized spacial score (nSPS) is 20.0. The number of nitrogen functional groups attached to an aromatic ring is 1. The van der Waals surface area contributed by atoms with Crippen LogP contribution in [0.15, 0.2) is 6.20 Å². The summed E-state index contributed by atoms with van der Waals surface area (Å²) in [6.45, 7) is 5.40. The quantitative estimate of drug-likeness (QED) is 0.616. The van der Waals surface area contributed by atoms with E-state index in [0.29, 0.717) is 18.5 Å². The van der Waals surface area contributed by atoms with Crippen molar-refractivity contribution in [2.24, 2.45) is 12.9 Å². The molecule has 0 aromatic carbocycles. The molecule has 3 N–H and O–H groups in total. The molecule has 0 bridgehead atoms. The van der Waals surface area contributed by atoms with Crippen LogP contribution in [0, 0.1) is 0 Å². The van der Waals surface area contributed by atoms with E-state index in [0.717, 1.165) is 43.0 Å². The van der Waals surface area contributed by atoms with E-state index in [2.05, 4.69) is 32.3 Å². The first-order valence-electron chi connectivity index (χ1n) is 7.20. The second-order valence-electron chi connectivity index (χ2n) is 5.27. The molecule has 1 aliphatic rings. The standard InChI is InChI=1S/C13H21N7O/c1-3-9-7-20(4-5-21-9)8-11-16-12(18-14)10-6-15-19(2)13(10)17-11/h6,9H,3-5,7-8,14H2,1-2H3,(H,16,17,18). The van der Waals surface area contributed by atoms with E-state index in [1.807, 2.05) is 7.05 Å². The van der Waals surface area contributed by atoms with Crippen molar-refractivity contribution in [2.45, 2.75) is 26.0 Å². The Hall–Kier alpha value is -1.77. The third-order valence-corrected chi connectivity index (χ3v) is 3.82. The summed E-state index contributed by atoms with van der Waals surface area (Å²) in [6.07, 6.45) is 3.04. The van der Waals surface area contributed by atoms with Crippen LogP contribution in [0.4, 0.5) is 5.82 Å². The molecule has 8 heteroatoms. The zero-order valence-corrected chi connectivity index (χ0v) is 12.4. The molecule has 0 saturated carbocycles. The average molecular weight is 291 g/mol. The summed E-state index contributed by atoms with van der Waals surface area (Å²) in [4.78, 5) is 11.4. The summed E-state index contributed by atoms with van der Waals surface area (Å²) < 4.78 is 7.42. The Morgan fingerprint density at radius 1 is 1.48 bits per heavy atom. The first-order valence-corrected chi connectivity index (χ1v) is 7.20. The zero-order valence-electron chi connectivity index (χ0n) is 12.4. The number of aromatic nitrogens is 4. The number of hydrogen-bond acceptors (Lipinski definition) is 7. The Kier molecular flexibility index (Phi) is 4.00. The lowest BCUT2D eigenvalue weighted by Crippen LogP contribution is -2.41. The zero-order chi connectivity index (χ0) is 14.8. The highest BCUT2D eigenvalue weighted by atomic mass is 16.5. The summed E-state index contributed by atoms with van der Waals surface area (Å²) in [5, 5.41) is 5.03. The van der Waals surface area contributed by atoms with E-state index in [1.54, 1.807) is 10.9 Å². The van der Waals surface area contributed by atoms with Crippen molar-refractivity contribution in [3.63, 3.8) is 0 Å². The molecule has 2 aromatic heterocycles. The maximum Gasteiger partial charge on any atom is 0.163 e. The van der Waals surface area contributed by atoms with Gasteiger partial charge >= 0.3 is 0 Å². The van der Waals surface area contributed by atoms with E-state index < -0.39 is 0 Å². The molecule has 1 aliphatic heterocycles. The fourth-order valence-electron chi connectivity index (χ4n) is 2.62. The Morgan fingerprint density at radius 3 is 3.10 bits per heavy atom. The first kappa shape index (κ1) is 14.2. The van der Waals surface area contributed by atoms with E-state index in [1.165, 1.54) is 0 Å². The largest absolute Gasteiger partial charge is 0.376 e. The highest BCUT2D eigenvalue weighted by molar-refractivity contribution is 5.86. The number of hydrogen-bond donors (Lipinski definition) is 2. The van der Waals surface area contributed by atoms with E-state index in [-0.39, 0.29) is 0 Å². The Labute approximate surface area is 123 Å². The SMILES string of the molecule is CCC1CN(Cc2nc(NN)c3cnn(C)c3n2)CCO1. The monoisotopic (exact) mass is 291 g/mol. The molecular weight excluding hydrogens is 270 g/mol. The number of ether oxygens (including phenoxy) is 1. The molecule has 1 saturated heterocycles. The lowest BCUT2D eigenvalue weighted by Gasteiger charge is -2.31. The van der Waals surface area contributed by atoms with Crippen molar-refractivity contribution < 1.29 is 4.74 Å². The van der Waals surface area contributed by atoms with Gasteiger partial charge in [-0.25, -0.2) is 15.8 Å². The van der Waals surface area contributed by atoms with Crippen molar-refractivity contribution in [3.05, 3.63) is 12.0 Å². The number of hydrazine groups is 1. The van der Waals surface area contributed by atoms with E-state index >= 15 is 0 Å². The average Bonchev–Trinajstić information content (AvgIpc) is 2.88. The van der Waals surface area contributed by atoms with Crippen LogP contribution in [-0.2, 0) is 18.3 Å². The van der Waals surface area contributed by atoms with Crippen LogP contribution in [0.25, 0.3) is 11.0 Å². The van der Waals surface area contributed by atoms with Gasteiger partial charge < -0.3 is 10.2 Å². The van der Waals surface area contributed by atoms with Crippen LogP contribution < -0.4 is 11.3 Å². The van der Waals surface area contributed by atoms with Crippen molar-refractivity contribution in [1.29, 1.82) is 0 Å². The third kappa shape index (κ3) is 2.82. The highest BCUT2D eigenvalue weighted by Crippen LogP contribution is 2.19. The van der Waals surface area contributed by atoms with E-state index in [9.17, 15) is 0 Å². The van der Waals surface area contributed by atoms with Crippen LogP contribution >= 0.6 is 0 Å². The maximum absolute atomic E-state index is 5.69. The molecule has 8 nitrogen and oxygen atoms in total. The van der Waals surface area contributed by atoms with Gasteiger partial charge in [-0.1, -0.05) is 6.92 Å². The number of morpholine rings is 1. The number of anilines is 1. The second-order valence-corrected chi connectivity index (χ2v) is 5.27. The minimum Gasteiger partial charge on any atom is -0.376 e. The van der Waals surface area contributed by atoms with Gasteiger partial charge in [0, 0.05) is 20.1 Å². The van der Waals surface area contributed by atoms with Gasteiger partial charge in [-0.2, -0.15) is 5.10 Å². The Bertz CT molecular complexity index is 626. The second kappa shape index (κ2) is 5.92. The molecule has 0 amide bonds. The van der Waals surface area contributed by atoms with Crippen molar-refractivity contribution >= 4 is 16.9 Å². The molecule has 0 spiro atoms. The summed E-state index contributed by atoms with van der Waals surface area (Å²) >= 11 is 0. The number of nitrogens with two attached hydrogens (primary N) is 1. The van der Waals surface area contributed by atoms with Crippen LogP contribution in [0.1, 0.15) is 19.2 Å². The molecule has 114 valence electrons. The fourth-order valence-corrected chi connectivity index (χ4v) is 2.62. The van der Waals surface area contributed by atoms with Gasteiger partial charge in [0.25, 0.3) is 0 Å². The number of fused-ring (bicyclic) bond motifs is 1. The van der Waals surface area contributed by atoms with Gasteiger partial charge in [-0.3, -0.25) is 9.58 Å². The maximum atomic E-state index is 5.69. The molecule has 3 rings (SSSR count). The highest BCUT2D eigenvalue weighted by Gasteiger charge is 2.20. The lowest BCUT2D eigenvalue weighted by molar-refractivity contribution is -0.0331. The number of nitrogens with one attached hydrogen (secondary N) is 1. The predicted octanol–water partition coefficient (Wildman–Crippen LogP) is 0.260. The van der Waals surface area contributed by atoms with E-state index in [4.69, 9.17) is 10.6 Å². The Balaban J connectivity index is 1.84. The van der Waals surface area contributed by atoms with Gasteiger partial charge in [0.15, 0.2) is 11.5 Å². The van der Waals surface area contributed by atoms with Crippen molar-refractivity contribution in [2.75, 3.05) is 25.1 Å². The molecule has 1 fully saturated rings. The fraction of sp³-hybridized carbons (Fsp3) is 0.615. The number of rotatable bonds is 4. The molecule has 3 heterocycles. The Morgan fingerprint density at radius 2 is 2.33 bits per heavy atom. The molecule has 2 aromatic rings. The molecule has 1 unspecified atom stereocenters. The number of aryl methyl sites for hydroxylation is 1. The molecule has 0 aliphatic carbocycles. The minimum atomic E-state index is 0.297. The van der Waals surface area contributed by atoms with Gasteiger partial charge in [0.05, 0.1) is 30.8 Å². The summed E-state index contributed by atoms with van der Waals surface area (Å²) in [6, 6.07) is 0. The van der Waals surface area contributed by atoms with Gasteiger partial charge in [-0.15, -0.1) is 0 Å². The van der Waals surface area contributed by atoms with Crippen LogP contribution in [0.2, 0.25) is 0 Å². The topological polar surface area (TPSA) is 94.1 Å². The molecule has 0 radical (unpaired) electrons. The number of nitrogens with zero attached hydrogens (tertiary/aromatic N) is 5. The minimum absolute atomic E-state index is 0.297. The lowest BCUT2D eigenvalue weighted by atomic mass is 10.2. The van der Waals surface area contributed by atoms with Crippen LogP contribution in [0.5, 0.6) is 0 Å². The molecule has 1 atom stereocenters. The first-order chi connectivity index (χ1) is 10.2.